The molecule has 2 atom stereocenters. The van der Waals surface area contributed by atoms with Gasteiger partial charge < -0.3 is 14.9 Å². The summed E-state index contributed by atoms with van der Waals surface area (Å²) in [6.45, 7) is 1.94. The van der Waals surface area contributed by atoms with Gasteiger partial charge in [0, 0.05) is 11.6 Å². The Morgan fingerprint density at radius 1 is 1.09 bits per heavy atom. The molecule has 0 aliphatic carbocycles. The molecule has 0 radical (unpaired) electrons. The highest BCUT2D eigenvalue weighted by atomic mass is 16.5. The molecule has 0 fully saturated rings. The summed E-state index contributed by atoms with van der Waals surface area (Å²) in [4.78, 5) is 4.40. The van der Waals surface area contributed by atoms with Crippen LogP contribution in [0.15, 0.2) is 71.7 Å². The first-order valence-electron chi connectivity index (χ1n) is 7.20. The summed E-state index contributed by atoms with van der Waals surface area (Å²) in [5, 5.41) is 0. The molecular formula is C18H18N2O2. The van der Waals surface area contributed by atoms with Gasteiger partial charge in [-0.1, -0.05) is 30.3 Å². The molecule has 3 aromatic rings. The van der Waals surface area contributed by atoms with E-state index < -0.39 is 0 Å². The summed E-state index contributed by atoms with van der Waals surface area (Å²) in [5.74, 6) is 0.693. The van der Waals surface area contributed by atoms with Crippen molar-refractivity contribution in [2.75, 3.05) is 0 Å². The predicted molar refractivity (Wildman–Crippen MR) is 85.4 cm³/mol. The number of pyridine rings is 1. The highest BCUT2D eigenvalue weighted by molar-refractivity contribution is 5.57. The van der Waals surface area contributed by atoms with Crippen LogP contribution in [-0.4, -0.2) is 11.0 Å². The standard InChI is InChI=1S/C18H18N2O2/c1-13(19)18(14-5-3-2-4-6-14)22-16-7-8-17(20-11-16)15-9-10-21-12-15/h2-13,18H,19H2,1H3. The van der Waals surface area contributed by atoms with Crippen LogP contribution in [0.4, 0.5) is 0 Å². The molecule has 0 aliphatic rings. The highest BCUT2D eigenvalue weighted by Gasteiger charge is 2.18. The van der Waals surface area contributed by atoms with Gasteiger partial charge in [-0.15, -0.1) is 0 Å². The Bertz CT molecular complexity index is 692. The number of hydrogen-bond acceptors (Lipinski definition) is 4. The molecule has 1 aromatic carbocycles. The molecule has 0 saturated heterocycles. The maximum Gasteiger partial charge on any atom is 0.139 e. The first-order chi connectivity index (χ1) is 10.7. The Labute approximate surface area is 129 Å². The molecule has 0 amide bonds. The molecule has 4 nitrogen and oxygen atoms in total. The van der Waals surface area contributed by atoms with Crippen molar-refractivity contribution in [1.29, 1.82) is 0 Å². The number of benzene rings is 1. The average molecular weight is 294 g/mol. The normalized spacial score (nSPS) is 13.5. The van der Waals surface area contributed by atoms with E-state index in [0.717, 1.165) is 16.8 Å². The van der Waals surface area contributed by atoms with Crippen LogP contribution in [0.25, 0.3) is 11.3 Å². The third-order valence-corrected chi connectivity index (χ3v) is 3.42. The fourth-order valence-corrected chi connectivity index (χ4v) is 2.30. The first-order valence-corrected chi connectivity index (χ1v) is 7.20. The second-order valence-electron chi connectivity index (χ2n) is 5.20. The van der Waals surface area contributed by atoms with Crippen LogP contribution in [0.1, 0.15) is 18.6 Å². The minimum atomic E-state index is -0.206. The quantitative estimate of drug-likeness (QED) is 0.777. The molecule has 4 heteroatoms. The zero-order valence-corrected chi connectivity index (χ0v) is 12.3. The maximum atomic E-state index is 6.07. The zero-order chi connectivity index (χ0) is 15.4. The second-order valence-corrected chi connectivity index (χ2v) is 5.20. The number of hydrogen-bond donors (Lipinski definition) is 1. The van der Waals surface area contributed by atoms with E-state index in [1.165, 1.54) is 0 Å². The van der Waals surface area contributed by atoms with E-state index in [1.807, 2.05) is 55.5 Å². The van der Waals surface area contributed by atoms with E-state index in [0.29, 0.717) is 5.75 Å². The summed E-state index contributed by atoms with van der Waals surface area (Å²) in [7, 11) is 0. The molecule has 22 heavy (non-hydrogen) atoms. The molecular weight excluding hydrogens is 276 g/mol. The van der Waals surface area contributed by atoms with Gasteiger partial charge in [0.25, 0.3) is 0 Å². The van der Waals surface area contributed by atoms with Gasteiger partial charge in [-0.3, -0.25) is 4.98 Å². The molecule has 0 saturated carbocycles. The molecule has 3 rings (SSSR count). The summed E-state index contributed by atoms with van der Waals surface area (Å²) < 4.78 is 11.1. The number of furan rings is 1. The lowest BCUT2D eigenvalue weighted by Crippen LogP contribution is -2.29. The van der Waals surface area contributed by atoms with Crippen molar-refractivity contribution >= 4 is 0 Å². The number of ether oxygens (including phenoxy) is 1. The topological polar surface area (TPSA) is 61.3 Å². The summed E-state index contributed by atoms with van der Waals surface area (Å²) >= 11 is 0. The molecule has 112 valence electrons. The van der Waals surface area contributed by atoms with Crippen molar-refractivity contribution < 1.29 is 9.15 Å². The third-order valence-electron chi connectivity index (χ3n) is 3.42. The van der Waals surface area contributed by atoms with Gasteiger partial charge in [0.2, 0.25) is 0 Å². The second kappa shape index (κ2) is 6.45. The van der Waals surface area contributed by atoms with Crippen molar-refractivity contribution in [2.24, 2.45) is 5.73 Å². The smallest absolute Gasteiger partial charge is 0.139 e. The average Bonchev–Trinajstić information content (AvgIpc) is 3.08. The number of nitrogens with two attached hydrogens (primary N) is 1. The summed E-state index contributed by atoms with van der Waals surface area (Å²) in [5.41, 5.74) is 8.91. The molecule has 2 aromatic heterocycles. The van der Waals surface area contributed by atoms with Crippen molar-refractivity contribution in [3.63, 3.8) is 0 Å². The summed E-state index contributed by atoms with van der Waals surface area (Å²) in [6, 6.07) is 15.5. The van der Waals surface area contributed by atoms with E-state index in [-0.39, 0.29) is 12.1 Å². The van der Waals surface area contributed by atoms with Crippen LogP contribution in [0.2, 0.25) is 0 Å². The monoisotopic (exact) mass is 294 g/mol. The van der Waals surface area contributed by atoms with Crippen LogP contribution in [-0.2, 0) is 0 Å². The van der Waals surface area contributed by atoms with Crippen LogP contribution in [0, 0.1) is 0 Å². The number of nitrogens with zero attached hydrogens (tertiary/aromatic N) is 1. The van der Waals surface area contributed by atoms with Crippen molar-refractivity contribution in [3.8, 4) is 17.0 Å². The first kappa shape index (κ1) is 14.4. The van der Waals surface area contributed by atoms with Crippen LogP contribution < -0.4 is 10.5 Å². The van der Waals surface area contributed by atoms with Gasteiger partial charge in [-0.05, 0) is 30.7 Å². The Balaban J connectivity index is 1.79. The Hall–Kier alpha value is -2.59. The highest BCUT2D eigenvalue weighted by Crippen LogP contribution is 2.25. The van der Waals surface area contributed by atoms with E-state index in [2.05, 4.69) is 4.98 Å². The molecule has 2 N–H and O–H groups in total. The van der Waals surface area contributed by atoms with E-state index in [4.69, 9.17) is 14.9 Å². The van der Waals surface area contributed by atoms with Crippen molar-refractivity contribution in [2.45, 2.75) is 19.1 Å². The fraction of sp³-hybridized carbons (Fsp3) is 0.167. The molecule has 0 spiro atoms. The number of rotatable bonds is 5. The fourth-order valence-electron chi connectivity index (χ4n) is 2.30. The van der Waals surface area contributed by atoms with E-state index in [1.54, 1.807) is 18.7 Å². The lowest BCUT2D eigenvalue weighted by atomic mass is 10.0. The Kier molecular flexibility index (Phi) is 4.21. The third kappa shape index (κ3) is 3.18. The van der Waals surface area contributed by atoms with Crippen LogP contribution >= 0.6 is 0 Å². The predicted octanol–water partition coefficient (Wildman–Crippen LogP) is 3.81. The summed E-state index contributed by atoms with van der Waals surface area (Å²) in [6.07, 6.45) is 4.80. The molecule has 2 unspecified atom stereocenters. The van der Waals surface area contributed by atoms with Crippen LogP contribution in [0.5, 0.6) is 5.75 Å². The van der Waals surface area contributed by atoms with Gasteiger partial charge in [0.15, 0.2) is 0 Å². The minimum absolute atomic E-state index is 0.129. The maximum absolute atomic E-state index is 6.07. The number of aromatic nitrogens is 1. The lowest BCUT2D eigenvalue weighted by molar-refractivity contribution is 0.180. The van der Waals surface area contributed by atoms with Crippen molar-refractivity contribution in [3.05, 3.63) is 72.8 Å². The molecule has 2 heterocycles. The van der Waals surface area contributed by atoms with Gasteiger partial charge in [0.1, 0.15) is 11.9 Å². The lowest BCUT2D eigenvalue weighted by Gasteiger charge is -2.22. The van der Waals surface area contributed by atoms with Gasteiger partial charge in [-0.25, -0.2) is 0 Å². The van der Waals surface area contributed by atoms with Gasteiger partial charge in [0.05, 0.1) is 24.4 Å². The van der Waals surface area contributed by atoms with Crippen molar-refractivity contribution in [1.82, 2.24) is 4.98 Å². The minimum Gasteiger partial charge on any atom is -0.482 e. The SMILES string of the molecule is CC(N)C(Oc1ccc(-c2ccoc2)nc1)c1ccccc1. The zero-order valence-electron chi connectivity index (χ0n) is 12.3. The molecule has 0 bridgehead atoms. The van der Waals surface area contributed by atoms with E-state index in [9.17, 15) is 0 Å². The Morgan fingerprint density at radius 2 is 1.91 bits per heavy atom. The Morgan fingerprint density at radius 3 is 2.50 bits per heavy atom. The van der Waals surface area contributed by atoms with E-state index >= 15 is 0 Å². The van der Waals surface area contributed by atoms with Gasteiger partial charge in [-0.2, -0.15) is 0 Å². The van der Waals surface area contributed by atoms with Gasteiger partial charge >= 0.3 is 0 Å². The largest absolute Gasteiger partial charge is 0.482 e. The molecule has 0 aliphatic heterocycles. The van der Waals surface area contributed by atoms with Crippen LogP contribution in [0.3, 0.4) is 0 Å².